The highest BCUT2D eigenvalue weighted by molar-refractivity contribution is 4.97. The van der Waals surface area contributed by atoms with Gasteiger partial charge in [-0.2, -0.15) is 0 Å². The topological polar surface area (TPSA) is 55.0 Å². The van der Waals surface area contributed by atoms with Crippen LogP contribution >= 0.6 is 0 Å². The first kappa shape index (κ1) is 13.1. The van der Waals surface area contributed by atoms with Crippen LogP contribution in [0.15, 0.2) is 18.6 Å². The average Bonchev–Trinajstić information content (AvgIpc) is 2.29. The van der Waals surface area contributed by atoms with E-state index >= 15 is 0 Å². The number of nitrogens with two attached hydrogens (primary N) is 1. The molecule has 0 amide bonds. The van der Waals surface area contributed by atoms with E-state index in [-0.39, 0.29) is 5.41 Å². The quantitative estimate of drug-likeness (QED) is 0.788. The van der Waals surface area contributed by atoms with Crippen LogP contribution in [0.4, 0.5) is 0 Å². The fourth-order valence-corrected chi connectivity index (χ4v) is 1.59. The van der Waals surface area contributed by atoms with Gasteiger partial charge in [-0.05, 0) is 24.6 Å². The molecule has 0 aliphatic heterocycles. The summed E-state index contributed by atoms with van der Waals surface area (Å²) >= 11 is 0. The summed E-state index contributed by atoms with van der Waals surface area (Å²) in [6.07, 6.45) is 3.38. The van der Waals surface area contributed by atoms with Gasteiger partial charge in [0.15, 0.2) is 0 Å². The molecule has 0 radical (unpaired) electrons. The van der Waals surface area contributed by atoms with Gasteiger partial charge in [-0.1, -0.05) is 20.8 Å². The lowest BCUT2D eigenvalue weighted by Crippen LogP contribution is -2.38. The zero-order chi connectivity index (χ0) is 12.0. The van der Waals surface area contributed by atoms with Crippen LogP contribution in [0.1, 0.15) is 26.5 Å². The molecule has 0 bridgehead atoms. The first-order valence-corrected chi connectivity index (χ1v) is 5.74. The number of hydrogen-bond donors (Lipinski definition) is 1. The zero-order valence-electron chi connectivity index (χ0n) is 10.5. The Morgan fingerprint density at radius 3 is 2.69 bits per heavy atom. The van der Waals surface area contributed by atoms with Gasteiger partial charge in [0.1, 0.15) is 6.33 Å². The predicted octanol–water partition coefficient (Wildman–Crippen LogP) is 1.28. The third-order valence-electron chi connectivity index (χ3n) is 2.68. The summed E-state index contributed by atoms with van der Waals surface area (Å²) in [6, 6.07) is 1.96. The van der Waals surface area contributed by atoms with Gasteiger partial charge in [0.25, 0.3) is 0 Å². The first-order valence-electron chi connectivity index (χ1n) is 5.74. The summed E-state index contributed by atoms with van der Waals surface area (Å²) in [5.74, 6) is 0. The van der Waals surface area contributed by atoms with Crippen molar-refractivity contribution in [2.45, 2.75) is 27.3 Å². The summed E-state index contributed by atoms with van der Waals surface area (Å²) in [6.45, 7) is 10.1. The SMILES string of the molecule is CCN(Cc1ccncn1)CC(C)(C)CN. The molecule has 1 aromatic rings. The van der Waals surface area contributed by atoms with Crippen molar-refractivity contribution in [2.24, 2.45) is 11.1 Å². The molecule has 0 spiro atoms. The van der Waals surface area contributed by atoms with Crippen LogP contribution in [-0.2, 0) is 6.54 Å². The molecule has 0 aliphatic carbocycles. The Labute approximate surface area is 97.9 Å². The van der Waals surface area contributed by atoms with Crippen LogP contribution in [0.3, 0.4) is 0 Å². The van der Waals surface area contributed by atoms with Crippen LogP contribution in [-0.4, -0.2) is 34.5 Å². The normalized spacial score (nSPS) is 12.1. The molecule has 0 aromatic carbocycles. The van der Waals surface area contributed by atoms with Crippen molar-refractivity contribution in [1.82, 2.24) is 14.9 Å². The highest BCUT2D eigenvalue weighted by Gasteiger charge is 2.19. The van der Waals surface area contributed by atoms with E-state index in [2.05, 4.69) is 35.6 Å². The van der Waals surface area contributed by atoms with E-state index < -0.39 is 0 Å². The van der Waals surface area contributed by atoms with Gasteiger partial charge in [-0.25, -0.2) is 9.97 Å². The molecule has 4 nitrogen and oxygen atoms in total. The number of rotatable bonds is 6. The van der Waals surface area contributed by atoms with Gasteiger partial charge < -0.3 is 5.73 Å². The first-order chi connectivity index (χ1) is 7.57. The molecular weight excluding hydrogens is 200 g/mol. The lowest BCUT2D eigenvalue weighted by Gasteiger charge is -2.30. The molecule has 0 unspecified atom stereocenters. The minimum Gasteiger partial charge on any atom is -0.330 e. The van der Waals surface area contributed by atoms with E-state index in [9.17, 15) is 0 Å². The Kier molecular flexibility index (Phi) is 4.83. The molecule has 2 N–H and O–H groups in total. The van der Waals surface area contributed by atoms with E-state index in [1.807, 2.05) is 6.07 Å². The van der Waals surface area contributed by atoms with Crippen LogP contribution in [0.25, 0.3) is 0 Å². The van der Waals surface area contributed by atoms with Crippen molar-refractivity contribution in [3.05, 3.63) is 24.3 Å². The minimum absolute atomic E-state index is 0.156. The Bertz CT molecular complexity index is 297. The molecule has 16 heavy (non-hydrogen) atoms. The third kappa shape index (κ3) is 4.24. The maximum Gasteiger partial charge on any atom is 0.115 e. The van der Waals surface area contributed by atoms with Crippen molar-refractivity contribution < 1.29 is 0 Å². The standard InChI is InChI=1S/C12H22N4/c1-4-16(9-12(2,3)8-13)7-11-5-6-14-10-15-11/h5-6,10H,4,7-9,13H2,1-3H3. The molecule has 1 rings (SSSR count). The Hall–Kier alpha value is -1.00. The van der Waals surface area contributed by atoms with Gasteiger partial charge in [0.2, 0.25) is 0 Å². The van der Waals surface area contributed by atoms with Crippen LogP contribution in [0, 0.1) is 5.41 Å². The largest absolute Gasteiger partial charge is 0.330 e. The van der Waals surface area contributed by atoms with Gasteiger partial charge in [0.05, 0.1) is 5.69 Å². The second-order valence-electron chi connectivity index (χ2n) is 4.87. The molecule has 1 aromatic heterocycles. The van der Waals surface area contributed by atoms with E-state index in [0.29, 0.717) is 6.54 Å². The Balaban J connectivity index is 2.56. The van der Waals surface area contributed by atoms with Crippen LogP contribution in [0.5, 0.6) is 0 Å². The smallest absolute Gasteiger partial charge is 0.115 e. The summed E-state index contributed by atoms with van der Waals surface area (Å²) in [7, 11) is 0. The van der Waals surface area contributed by atoms with Gasteiger partial charge in [-0.15, -0.1) is 0 Å². The van der Waals surface area contributed by atoms with Gasteiger partial charge >= 0.3 is 0 Å². The summed E-state index contributed by atoms with van der Waals surface area (Å²) in [5, 5.41) is 0. The molecule has 4 heteroatoms. The zero-order valence-corrected chi connectivity index (χ0v) is 10.5. The van der Waals surface area contributed by atoms with Crippen molar-refractivity contribution >= 4 is 0 Å². The maximum atomic E-state index is 5.75. The fraction of sp³-hybridized carbons (Fsp3) is 0.667. The van der Waals surface area contributed by atoms with Crippen LogP contribution in [0.2, 0.25) is 0 Å². The molecule has 90 valence electrons. The fourth-order valence-electron chi connectivity index (χ4n) is 1.59. The number of hydrogen-bond acceptors (Lipinski definition) is 4. The van der Waals surface area contributed by atoms with E-state index in [1.54, 1.807) is 12.5 Å². The molecule has 0 aliphatic rings. The highest BCUT2D eigenvalue weighted by Crippen LogP contribution is 2.15. The Morgan fingerprint density at radius 1 is 1.44 bits per heavy atom. The summed E-state index contributed by atoms with van der Waals surface area (Å²) < 4.78 is 0. The second kappa shape index (κ2) is 5.92. The average molecular weight is 222 g/mol. The minimum atomic E-state index is 0.156. The second-order valence-corrected chi connectivity index (χ2v) is 4.87. The number of aromatic nitrogens is 2. The summed E-state index contributed by atoms with van der Waals surface area (Å²) in [4.78, 5) is 10.5. The third-order valence-corrected chi connectivity index (χ3v) is 2.68. The number of nitrogens with zero attached hydrogens (tertiary/aromatic N) is 3. The van der Waals surface area contributed by atoms with Gasteiger partial charge in [-0.3, -0.25) is 4.90 Å². The van der Waals surface area contributed by atoms with Crippen molar-refractivity contribution in [2.75, 3.05) is 19.6 Å². The molecule has 0 atom stereocenters. The Morgan fingerprint density at radius 2 is 2.19 bits per heavy atom. The van der Waals surface area contributed by atoms with E-state index in [1.165, 1.54) is 0 Å². The highest BCUT2D eigenvalue weighted by atomic mass is 15.1. The van der Waals surface area contributed by atoms with Gasteiger partial charge in [0, 0.05) is 19.3 Å². The van der Waals surface area contributed by atoms with Crippen molar-refractivity contribution in [3.63, 3.8) is 0 Å². The van der Waals surface area contributed by atoms with E-state index in [4.69, 9.17) is 5.73 Å². The van der Waals surface area contributed by atoms with Crippen molar-refractivity contribution in [3.8, 4) is 0 Å². The lowest BCUT2D eigenvalue weighted by atomic mass is 9.93. The molecular formula is C12H22N4. The predicted molar refractivity (Wildman–Crippen MR) is 65.8 cm³/mol. The lowest BCUT2D eigenvalue weighted by molar-refractivity contribution is 0.182. The maximum absolute atomic E-state index is 5.75. The summed E-state index contributed by atoms with van der Waals surface area (Å²) in [5.41, 5.74) is 6.97. The van der Waals surface area contributed by atoms with Crippen molar-refractivity contribution in [1.29, 1.82) is 0 Å². The molecule has 0 saturated heterocycles. The molecule has 1 heterocycles. The van der Waals surface area contributed by atoms with E-state index in [0.717, 1.165) is 25.3 Å². The molecule has 0 fully saturated rings. The molecule has 0 saturated carbocycles. The monoisotopic (exact) mass is 222 g/mol. The van der Waals surface area contributed by atoms with Crippen LogP contribution < -0.4 is 5.73 Å².